The van der Waals surface area contributed by atoms with E-state index >= 15 is 0 Å². The minimum Gasteiger partial charge on any atom is -0.506 e. The molecule has 0 fully saturated rings. The Morgan fingerprint density at radius 3 is 1.04 bits per heavy atom. The number of rotatable bonds is 3. The number of halogens is 3. The molecule has 0 spiro atoms. The van der Waals surface area contributed by atoms with Crippen molar-refractivity contribution in [3.05, 3.63) is 68.0 Å². The van der Waals surface area contributed by atoms with E-state index < -0.39 is 0 Å². The van der Waals surface area contributed by atoms with Gasteiger partial charge in [-0.2, -0.15) is 0 Å². The molecule has 3 N–H and O–H groups in total. The number of hydrogen-bond acceptors (Lipinski definition) is 4. The summed E-state index contributed by atoms with van der Waals surface area (Å²) in [4.78, 5) is 1.59. The van der Waals surface area contributed by atoms with Crippen LogP contribution in [0.4, 0.5) is 17.1 Å². The molecule has 0 radical (unpaired) electrons. The highest BCUT2D eigenvalue weighted by Gasteiger charge is 2.22. The number of aromatic hydroxyl groups is 3. The van der Waals surface area contributed by atoms with Crippen LogP contribution in [0.2, 0.25) is 0 Å². The summed E-state index contributed by atoms with van der Waals surface area (Å²) in [6.45, 7) is 0. The number of nitrogens with zero attached hydrogens (tertiary/aromatic N) is 1. The van der Waals surface area contributed by atoms with Gasteiger partial charge in [0.05, 0.1) is 17.1 Å². The monoisotopic (exact) mass is 527 g/mol. The third kappa shape index (κ3) is 3.78. The van der Waals surface area contributed by atoms with Gasteiger partial charge < -0.3 is 15.3 Å². The lowest BCUT2D eigenvalue weighted by atomic mass is 10.1. The average Bonchev–Trinajstić information content (AvgIpc) is 2.52. The second-order valence-electron chi connectivity index (χ2n) is 5.23. The van der Waals surface area contributed by atoms with E-state index in [-0.39, 0.29) is 17.2 Å². The largest absolute Gasteiger partial charge is 0.506 e. The molecule has 0 atom stereocenters. The van der Waals surface area contributed by atoms with Gasteiger partial charge in [0.1, 0.15) is 17.2 Å². The lowest BCUT2D eigenvalue weighted by molar-refractivity contribution is 0.468. The van der Waals surface area contributed by atoms with Gasteiger partial charge >= 0.3 is 0 Å². The Morgan fingerprint density at radius 1 is 0.520 bits per heavy atom. The molecule has 7 heteroatoms. The van der Waals surface area contributed by atoms with E-state index in [1.54, 1.807) is 59.5 Å². The third-order valence-electron chi connectivity index (χ3n) is 3.54. The van der Waals surface area contributed by atoms with Crippen molar-refractivity contribution in [2.45, 2.75) is 0 Å². The van der Waals surface area contributed by atoms with E-state index in [0.29, 0.717) is 30.5 Å². The molecule has 0 aliphatic carbocycles. The maximum Gasteiger partial charge on any atom is 0.140 e. The van der Waals surface area contributed by atoms with Gasteiger partial charge in [0.2, 0.25) is 0 Å². The molecule has 3 rings (SSSR count). The van der Waals surface area contributed by atoms with Crippen LogP contribution in [0.5, 0.6) is 17.2 Å². The minimum absolute atomic E-state index is 0.000914. The first-order chi connectivity index (χ1) is 11.9. The van der Waals surface area contributed by atoms with Crippen molar-refractivity contribution in [1.82, 2.24) is 0 Å². The Labute approximate surface area is 169 Å². The second kappa shape index (κ2) is 7.27. The Bertz CT molecular complexity index is 824. The van der Waals surface area contributed by atoms with E-state index in [2.05, 4.69) is 47.8 Å². The molecule has 0 bridgehead atoms. The van der Waals surface area contributed by atoms with Crippen LogP contribution in [0.3, 0.4) is 0 Å². The summed E-state index contributed by atoms with van der Waals surface area (Å²) in [5.41, 5.74) is 1.25. The van der Waals surface area contributed by atoms with Gasteiger partial charge in [0.25, 0.3) is 0 Å². The summed E-state index contributed by atoms with van der Waals surface area (Å²) >= 11 is 9.95. The molecule has 0 aliphatic rings. The zero-order chi connectivity index (χ0) is 18.1. The first-order valence-electron chi connectivity index (χ1n) is 7.12. The topological polar surface area (TPSA) is 63.9 Å². The first-order valence-corrected chi connectivity index (χ1v) is 9.50. The lowest BCUT2D eigenvalue weighted by Crippen LogP contribution is -2.10. The Hall–Kier alpha value is -1.70. The molecule has 3 aromatic carbocycles. The van der Waals surface area contributed by atoms with Crippen LogP contribution in [0.25, 0.3) is 0 Å². The Balaban J connectivity index is 2.27. The molecular weight excluding hydrogens is 518 g/mol. The van der Waals surface area contributed by atoms with Crippen LogP contribution < -0.4 is 4.90 Å². The zero-order valence-electron chi connectivity index (χ0n) is 12.6. The molecular formula is C18H12Br3NO3. The predicted octanol–water partition coefficient (Wildman–Crippen LogP) is 6.56. The summed E-state index contributed by atoms with van der Waals surface area (Å²) in [6, 6.07) is 15.1. The van der Waals surface area contributed by atoms with Crippen molar-refractivity contribution in [3.8, 4) is 17.2 Å². The van der Waals surface area contributed by atoms with Gasteiger partial charge in [-0.3, -0.25) is 4.90 Å². The molecule has 0 heterocycles. The van der Waals surface area contributed by atoms with E-state index in [9.17, 15) is 15.3 Å². The van der Waals surface area contributed by atoms with Crippen LogP contribution in [0.15, 0.2) is 68.0 Å². The molecule has 0 saturated heterocycles. The van der Waals surface area contributed by atoms with Crippen LogP contribution >= 0.6 is 47.8 Å². The number of phenols is 3. The SMILES string of the molecule is Oc1cc(Br)ccc1N(c1ccc(Br)cc1O)c1ccc(Br)cc1O. The third-order valence-corrected chi connectivity index (χ3v) is 5.01. The Morgan fingerprint density at radius 2 is 0.800 bits per heavy atom. The number of phenolic OH excluding ortho intramolecular Hbond substituents is 3. The van der Waals surface area contributed by atoms with Crippen molar-refractivity contribution in [2.75, 3.05) is 4.90 Å². The second-order valence-corrected chi connectivity index (χ2v) is 7.98. The summed E-state index contributed by atoms with van der Waals surface area (Å²) < 4.78 is 2.15. The van der Waals surface area contributed by atoms with Crippen LogP contribution in [-0.2, 0) is 0 Å². The maximum absolute atomic E-state index is 10.4. The summed E-state index contributed by atoms with van der Waals surface area (Å²) in [5, 5.41) is 31.3. The van der Waals surface area contributed by atoms with Crippen molar-refractivity contribution in [3.63, 3.8) is 0 Å². The minimum atomic E-state index is -0.000914. The molecule has 128 valence electrons. The van der Waals surface area contributed by atoms with Gasteiger partial charge in [-0.05, 0) is 54.6 Å². The molecule has 25 heavy (non-hydrogen) atoms. The molecule has 4 nitrogen and oxygen atoms in total. The Kier molecular flexibility index (Phi) is 5.27. The summed E-state index contributed by atoms with van der Waals surface area (Å²) in [6.07, 6.45) is 0. The van der Waals surface area contributed by atoms with Crippen molar-refractivity contribution in [2.24, 2.45) is 0 Å². The first kappa shape index (κ1) is 18.1. The van der Waals surface area contributed by atoms with Gasteiger partial charge in [-0.1, -0.05) is 47.8 Å². The fraction of sp³-hybridized carbons (Fsp3) is 0. The maximum atomic E-state index is 10.4. The predicted molar refractivity (Wildman–Crippen MR) is 109 cm³/mol. The van der Waals surface area contributed by atoms with Crippen molar-refractivity contribution in [1.29, 1.82) is 0 Å². The van der Waals surface area contributed by atoms with Crippen molar-refractivity contribution >= 4 is 64.9 Å². The van der Waals surface area contributed by atoms with Gasteiger partial charge in [-0.25, -0.2) is 0 Å². The molecule has 0 unspecified atom stereocenters. The smallest absolute Gasteiger partial charge is 0.140 e. The van der Waals surface area contributed by atoms with E-state index in [1.165, 1.54) is 0 Å². The molecule has 3 aromatic rings. The van der Waals surface area contributed by atoms with Gasteiger partial charge in [-0.15, -0.1) is 0 Å². The highest BCUT2D eigenvalue weighted by molar-refractivity contribution is 9.11. The van der Waals surface area contributed by atoms with E-state index in [0.717, 1.165) is 0 Å². The van der Waals surface area contributed by atoms with E-state index in [4.69, 9.17) is 0 Å². The molecule has 0 aliphatic heterocycles. The van der Waals surface area contributed by atoms with Crippen LogP contribution in [-0.4, -0.2) is 15.3 Å². The molecule has 0 aromatic heterocycles. The average molecular weight is 530 g/mol. The molecule has 0 amide bonds. The van der Waals surface area contributed by atoms with Gasteiger partial charge in [0, 0.05) is 13.4 Å². The summed E-state index contributed by atoms with van der Waals surface area (Å²) in [7, 11) is 0. The molecule has 0 saturated carbocycles. The van der Waals surface area contributed by atoms with Crippen LogP contribution in [0.1, 0.15) is 0 Å². The fourth-order valence-electron chi connectivity index (χ4n) is 2.45. The fourth-order valence-corrected chi connectivity index (χ4v) is 3.49. The highest BCUT2D eigenvalue weighted by atomic mass is 79.9. The standard InChI is InChI=1S/C18H12Br3NO3/c19-10-1-4-13(16(23)7-10)22(14-5-2-11(20)8-17(14)24)15-6-3-12(21)9-18(15)25/h1-9,23-25H. The number of hydrogen-bond donors (Lipinski definition) is 3. The highest BCUT2D eigenvalue weighted by Crippen LogP contribution is 2.47. The number of benzene rings is 3. The summed E-state index contributed by atoms with van der Waals surface area (Å²) in [5.74, 6) is -0.00274. The normalized spacial score (nSPS) is 10.7. The van der Waals surface area contributed by atoms with E-state index in [1.807, 2.05) is 0 Å². The van der Waals surface area contributed by atoms with Gasteiger partial charge in [0.15, 0.2) is 0 Å². The van der Waals surface area contributed by atoms with Crippen LogP contribution in [0, 0.1) is 0 Å². The lowest BCUT2D eigenvalue weighted by Gasteiger charge is -2.27. The zero-order valence-corrected chi connectivity index (χ0v) is 17.4. The van der Waals surface area contributed by atoms with Crippen molar-refractivity contribution < 1.29 is 15.3 Å². The quantitative estimate of drug-likeness (QED) is 0.359. The number of anilines is 3.